The average Bonchev–Trinajstić information content (AvgIpc) is 2.35. The number of thioether (sulfide) groups is 1. The van der Waals surface area contributed by atoms with Crippen LogP contribution in [0.15, 0.2) is 23.1 Å². The number of hydrogen-bond donors (Lipinski definition) is 3. The number of rotatable bonds is 6. The maximum Gasteiger partial charge on any atom is 0.248 e. The molecule has 6 nitrogen and oxygen atoms in total. The lowest BCUT2D eigenvalue weighted by Gasteiger charge is -2.12. The molecule has 0 heterocycles. The van der Waals surface area contributed by atoms with E-state index in [1.54, 1.807) is 11.8 Å². The van der Waals surface area contributed by atoms with Gasteiger partial charge >= 0.3 is 0 Å². The highest BCUT2D eigenvalue weighted by Gasteiger charge is 2.18. The molecule has 1 aromatic carbocycles. The fourth-order valence-corrected chi connectivity index (χ4v) is 2.93. The second-order valence-corrected chi connectivity index (χ2v) is 7.03. The number of carbonyl (C=O) groups excluding carboxylic acids is 1. The molecular weight excluding hydrogens is 286 g/mol. The number of carbonyl (C=O) groups is 1. The number of nitrogens with one attached hydrogen (secondary N) is 1. The molecular formula is C11H17N3O3S2. The largest absolute Gasteiger partial charge is 0.398 e. The van der Waals surface area contributed by atoms with Crippen LogP contribution in [0.4, 0.5) is 5.69 Å². The topological polar surface area (TPSA) is 115 Å². The molecule has 0 spiro atoms. The van der Waals surface area contributed by atoms with Crippen molar-refractivity contribution in [2.24, 2.45) is 5.73 Å². The Morgan fingerprint density at radius 3 is 2.58 bits per heavy atom. The van der Waals surface area contributed by atoms with Gasteiger partial charge in [-0.2, -0.15) is 11.8 Å². The molecule has 0 bridgehead atoms. The van der Waals surface area contributed by atoms with Gasteiger partial charge in [0.1, 0.15) is 4.90 Å². The Labute approximate surface area is 117 Å². The molecule has 1 amide bonds. The third-order valence-electron chi connectivity index (χ3n) is 2.55. The molecule has 19 heavy (non-hydrogen) atoms. The first kappa shape index (κ1) is 15.8. The molecule has 1 rings (SSSR count). The maximum absolute atomic E-state index is 12.0. The first-order valence-corrected chi connectivity index (χ1v) is 8.27. The highest BCUT2D eigenvalue weighted by molar-refractivity contribution is 7.99. The van der Waals surface area contributed by atoms with Gasteiger partial charge in [-0.25, -0.2) is 13.1 Å². The second kappa shape index (κ2) is 6.27. The number of anilines is 1. The molecule has 0 aliphatic carbocycles. The molecule has 0 aromatic heterocycles. The summed E-state index contributed by atoms with van der Waals surface area (Å²) in [7, 11) is -3.68. The van der Waals surface area contributed by atoms with E-state index >= 15 is 0 Å². The van der Waals surface area contributed by atoms with Gasteiger partial charge in [0, 0.05) is 17.4 Å². The van der Waals surface area contributed by atoms with Gasteiger partial charge in [-0.1, -0.05) is 6.92 Å². The normalized spacial score (nSPS) is 13.2. The summed E-state index contributed by atoms with van der Waals surface area (Å²) in [6.07, 6.45) is 1.90. The molecule has 0 saturated heterocycles. The molecule has 0 fully saturated rings. The minimum absolute atomic E-state index is 0.000560. The van der Waals surface area contributed by atoms with Crippen LogP contribution in [0.25, 0.3) is 0 Å². The molecule has 0 aliphatic rings. The van der Waals surface area contributed by atoms with E-state index < -0.39 is 15.9 Å². The molecule has 5 N–H and O–H groups in total. The molecule has 106 valence electrons. The summed E-state index contributed by atoms with van der Waals surface area (Å²) in [6.45, 7) is 2.22. The number of amides is 1. The minimum Gasteiger partial charge on any atom is -0.398 e. The molecule has 0 saturated carbocycles. The fourth-order valence-electron chi connectivity index (χ4n) is 1.33. The van der Waals surface area contributed by atoms with E-state index in [1.165, 1.54) is 18.2 Å². The summed E-state index contributed by atoms with van der Waals surface area (Å²) in [5.41, 5.74) is 10.9. The number of nitrogens with two attached hydrogens (primary N) is 2. The van der Waals surface area contributed by atoms with Gasteiger partial charge in [0.2, 0.25) is 15.9 Å². The van der Waals surface area contributed by atoms with Crippen molar-refractivity contribution in [3.05, 3.63) is 23.8 Å². The van der Waals surface area contributed by atoms with Gasteiger partial charge in [0.15, 0.2) is 0 Å². The van der Waals surface area contributed by atoms with E-state index in [9.17, 15) is 13.2 Å². The van der Waals surface area contributed by atoms with Crippen LogP contribution in [0.5, 0.6) is 0 Å². The lowest BCUT2D eigenvalue weighted by atomic mass is 10.2. The van der Waals surface area contributed by atoms with E-state index in [0.29, 0.717) is 6.54 Å². The van der Waals surface area contributed by atoms with Crippen LogP contribution >= 0.6 is 11.8 Å². The molecule has 1 atom stereocenters. The lowest BCUT2D eigenvalue weighted by Crippen LogP contribution is -2.30. The summed E-state index contributed by atoms with van der Waals surface area (Å²) in [4.78, 5) is 10.9. The SMILES string of the molecule is CSC(C)CNS(=O)(=O)c1ccc(C(N)=O)cc1N. The van der Waals surface area contributed by atoms with Crippen molar-refractivity contribution in [2.75, 3.05) is 18.5 Å². The van der Waals surface area contributed by atoms with Crippen molar-refractivity contribution in [3.63, 3.8) is 0 Å². The summed E-state index contributed by atoms with van der Waals surface area (Å²) < 4.78 is 26.5. The fraction of sp³-hybridized carbons (Fsp3) is 0.364. The van der Waals surface area contributed by atoms with E-state index in [4.69, 9.17) is 11.5 Å². The number of benzene rings is 1. The quantitative estimate of drug-likeness (QED) is 0.658. The Balaban J connectivity index is 2.99. The van der Waals surface area contributed by atoms with Crippen LogP contribution in [-0.2, 0) is 10.0 Å². The van der Waals surface area contributed by atoms with Gasteiger partial charge < -0.3 is 11.5 Å². The number of nitrogen functional groups attached to an aromatic ring is 1. The first-order chi connectivity index (χ1) is 8.77. The summed E-state index contributed by atoms with van der Waals surface area (Å²) >= 11 is 1.55. The highest BCUT2D eigenvalue weighted by atomic mass is 32.2. The number of primary amides is 1. The van der Waals surface area contributed by atoms with Crippen molar-refractivity contribution in [3.8, 4) is 0 Å². The van der Waals surface area contributed by atoms with Crippen LogP contribution in [0.1, 0.15) is 17.3 Å². The van der Waals surface area contributed by atoms with Gasteiger partial charge in [-0.3, -0.25) is 4.79 Å². The van der Waals surface area contributed by atoms with E-state index in [-0.39, 0.29) is 21.4 Å². The predicted octanol–water partition coefficient (Wildman–Crippen LogP) is 0.398. The summed E-state index contributed by atoms with van der Waals surface area (Å²) in [6, 6.07) is 3.88. The second-order valence-electron chi connectivity index (χ2n) is 4.02. The van der Waals surface area contributed by atoms with Gasteiger partial charge in [-0.05, 0) is 24.5 Å². The summed E-state index contributed by atoms with van der Waals surface area (Å²) in [5, 5.41) is 0.154. The van der Waals surface area contributed by atoms with E-state index in [2.05, 4.69) is 4.72 Å². The highest BCUT2D eigenvalue weighted by Crippen LogP contribution is 2.19. The van der Waals surface area contributed by atoms with Gasteiger partial charge in [0.25, 0.3) is 0 Å². The Morgan fingerprint density at radius 2 is 2.11 bits per heavy atom. The predicted molar refractivity (Wildman–Crippen MR) is 77.5 cm³/mol. The Kier molecular flexibility index (Phi) is 5.21. The van der Waals surface area contributed by atoms with E-state index in [0.717, 1.165) is 0 Å². The number of sulfonamides is 1. The summed E-state index contributed by atoms with van der Waals surface area (Å²) in [5.74, 6) is -0.653. The lowest BCUT2D eigenvalue weighted by molar-refractivity contribution is 0.1000. The minimum atomic E-state index is -3.68. The third-order valence-corrected chi connectivity index (χ3v) is 5.02. The van der Waals surface area contributed by atoms with Crippen molar-refractivity contribution >= 4 is 33.4 Å². The Hall–Kier alpha value is -1.25. The molecule has 1 aromatic rings. The van der Waals surface area contributed by atoms with Crippen LogP contribution in [0.3, 0.4) is 0 Å². The van der Waals surface area contributed by atoms with Crippen molar-refractivity contribution in [1.29, 1.82) is 0 Å². The standard InChI is InChI=1S/C11H17N3O3S2/c1-7(18-2)6-14-19(16,17)10-4-3-8(11(13)15)5-9(10)12/h3-5,7,14H,6,12H2,1-2H3,(H2,13,15). The Bertz CT molecular complexity index is 573. The molecule has 8 heteroatoms. The zero-order valence-corrected chi connectivity index (χ0v) is 12.3. The van der Waals surface area contributed by atoms with Crippen molar-refractivity contribution in [1.82, 2.24) is 4.72 Å². The van der Waals surface area contributed by atoms with Gasteiger partial charge in [-0.15, -0.1) is 0 Å². The number of hydrogen-bond acceptors (Lipinski definition) is 5. The van der Waals surface area contributed by atoms with Crippen molar-refractivity contribution in [2.45, 2.75) is 17.1 Å². The Morgan fingerprint density at radius 1 is 1.47 bits per heavy atom. The maximum atomic E-state index is 12.0. The van der Waals surface area contributed by atoms with Crippen LogP contribution < -0.4 is 16.2 Å². The molecule has 1 unspecified atom stereocenters. The van der Waals surface area contributed by atoms with E-state index in [1.807, 2.05) is 13.2 Å². The average molecular weight is 303 g/mol. The monoisotopic (exact) mass is 303 g/mol. The smallest absolute Gasteiger partial charge is 0.248 e. The van der Waals surface area contributed by atoms with Crippen LogP contribution in [0.2, 0.25) is 0 Å². The van der Waals surface area contributed by atoms with Crippen LogP contribution in [-0.4, -0.2) is 32.4 Å². The molecule has 0 aliphatic heterocycles. The third kappa shape index (κ3) is 4.12. The van der Waals surface area contributed by atoms with Crippen molar-refractivity contribution < 1.29 is 13.2 Å². The zero-order chi connectivity index (χ0) is 14.6. The van der Waals surface area contributed by atoms with Crippen LogP contribution in [0, 0.1) is 0 Å². The first-order valence-electron chi connectivity index (χ1n) is 5.49. The van der Waals surface area contributed by atoms with Gasteiger partial charge in [0.05, 0.1) is 5.69 Å². The zero-order valence-electron chi connectivity index (χ0n) is 10.7. The molecule has 0 radical (unpaired) electrons.